The summed E-state index contributed by atoms with van der Waals surface area (Å²) in [6.07, 6.45) is 1.63. The van der Waals surface area contributed by atoms with Gasteiger partial charge in [0, 0.05) is 6.42 Å². The summed E-state index contributed by atoms with van der Waals surface area (Å²) in [5.74, 6) is -1.13. The zero-order valence-electron chi connectivity index (χ0n) is 9.72. The highest BCUT2D eigenvalue weighted by Gasteiger charge is 2.35. The number of carbonyl (C=O) groups is 1. The molecule has 0 radical (unpaired) electrons. The zero-order chi connectivity index (χ0) is 12.5. The molecule has 2 rings (SSSR count). The molecule has 0 saturated carbocycles. The van der Waals surface area contributed by atoms with Crippen LogP contribution in [0, 0.1) is 11.6 Å². The molecular weight excluding hydrogens is 224 g/mol. The van der Waals surface area contributed by atoms with Crippen LogP contribution in [0.15, 0.2) is 18.2 Å². The van der Waals surface area contributed by atoms with E-state index in [1.165, 1.54) is 0 Å². The molecule has 0 amide bonds. The standard InChI is InChI=1S/C13H15F2NO/c1-13(5-2-6-16-13)12(17)8-9-7-10(14)3-4-11(9)15/h3-4,7,16H,2,5-6,8H2,1H3. The summed E-state index contributed by atoms with van der Waals surface area (Å²) in [6.45, 7) is 2.62. The zero-order valence-corrected chi connectivity index (χ0v) is 9.72. The maximum absolute atomic E-state index is 13.4. The molecule has 1 aliphatic heterocycles. The topological polar surface area (TPSA) is 29.1 Å². The van der Waals surface area contributed by atoms with Gasteiger partial charge in [-0.1, -0.05) is 0 Å². The summed E-state index contributed by atoms with van der Waals surface area (Å²) in [6, 6.07) is 3.20. The minimum absolute atomic E-state index is 0.0624. The molecule has 1 aromatic carbocycles. The second-order valence-electron chi connectivity index (χ2n) is 4.70. The molecule has 2 nitrogen and oxygen atoms in total. The second-order valence-corrected chi connectivity index (χ2v) is 4.70. The number of nitrogens with one attached hydrogen (secondary N) is 1. The monoisotopic (exact) mass is 239 g/mol. The van der Waals surface area contributed by atoms with Crippen molar-refractivity contribution in [1.29, 1.82) is 0 Å². The number of Topliss-reactive ketones (excluding diaryl/α,β-unsaturated/α-hetero) is 1. The number of hydrogen-bond donors (Lipinski definition) is 1. The van der Waals surface area contributed by atoms with Gasteiger partial charge in [-0.3, -0.25) is 4.79 Å². The number of hydrogen-bond acceptors (Lipinski definition) is 2. The largest absolute Gasteiger partial charge is 0.305 e. The Labute approximate surface area is 99.0 Å². The fraction of sp³-hybridized carbons (Fsp3) is 0.462. The molecule has 1 aliphatic rings. The van der Waals surface area contributed by atoms with Crippen LogP contribution in [0.2, 0.25) is 0 Å². The Morgan fingerprint density at radius 3 is 2.88 bits per heavy atom. The third kappa shape index (κ3) is 2.52. The van der Waals surface area contributed by atoms with Crippen LogP contribution in [0.1, 0.15) is 25.3 Å². The van der Waals surface area contributed by atoms with Crippen molar-refractivity contribution in [2.75, 3.05) is 6.54 Å². The van der Waals surface area contributed by atoms with Crippen LogP contribution in [0.25, 0.3) is 0 Å². The van der Waals surface area contributed by atoms with E-state index >= 15 is 0 Å². The van der Waals surface area contributed by atoms with Crippen molar-refractivity contribution in [1.82, 2.24) is 5.32 Å². The predicted octanol–water partition coefficient (Wildman–Crippen LogP) is 2.22. The maximum Gasteiger partial charge on any atom is 0.157 e. The van der Waals surface area contributed by atoms with Gasteiger partial charge in [0.25, 0.3) is 0 Å². The van der Waals surface area contributed by atoms with Crippen LogP contribution in [0.5, 0.6) is 0 Å². The Balaban J connectivity index is 2.15. The molecule has 0 spiro atoms. The van der Waals surface area contributed by atoms with E-state index in [0.29, 0.717) is 0 Å². The van der Waals surface area contributed by atoms with Crippen LogP contribution >= 0.6 is 0 Å². The highest BCUT2D eigenvalue weighted by molar-refractivity contribution is 5.90. The van der Waals surface area contributed by atoms with E-state index < -0.39 is 17.2 Å². The Bertz CT molecular complexity index is 439. The van der Waals surface area contributed by atoms with Gasteiger partial charge in [0.2, 0.25) is 0 Å². The molecule has 1 fully saturated rings. The average Bonchev–Trinajstić information content (AvgIpc) is 2.72. The van der Waals surface area contributed by atoms with Crippen molar-refractivity contribution < 1.29 is 13.6 Å². The van der Waals surface area contributed by atoms with Gasteiger partial charge in [-0.15, -0.1) is 0 Å². The lowest BCUT2D eigenvalue weighted by Crippen LogP contribution is -2.45. The minimum atomic E-state index is -0.585. The molecule has 1 saturated heterocycles. The molecule has 1 heterocycles. The normalized spacial score (nSPS) is 23.9. The summed E-state index contributed by atoms with van der Waals surface area (Å²) < 4.78 is 26.4. The first kappa shape index (κ1) is 12.2. The molecule has 1 N–H and O–H groups in total. The van der Waals surface area contributed by atoms with E-state index in [1.807, 2.05) is 6.92 Å². The first-order chi connectivity index (χ1) is 8.01. The van der Waals surface area contributed by atoms with Crippen LogP contribution in [0.4, 0.5) is 8.78 Å². The Kier molecular flexibility index (Phi) is 3.24. The SMILES string of the molecule is CC1(C(=O)Cc2cc(F)ccc2F)CCCN1. The number of benzene rings is 1. The Morgan fingerprint density at radius 2 is 2.24 bits per heavy atom. The van der Waals surface area contributed by atoms with Gasteiger partial charge in [0.05, 0.1) is 5.54 Å². The number of halogens is 2. The van der Waals surface area contributed by atoms with Gasteiger partial charge in [-0.2, -0.15) is 0 Å². The molecular formula is C13H15F2NO. The third-order valence-electron chi connectivity index (χ3n) is 3.34. The van der Waals surface area contributed by atoms with Gasteiger partial charge < -0.3 is 5.32 Å². The fourth-order valence-electron chi connectivity index (χ4n) is 2.18. The Hall–Kier alpha value is -1.29. The molecule has 92 valence electrons. The Morgan fingerprint density at radius 1 is 1.47 bits per heavy atom. The summed E-state index contributed by atoms with van der Waals surface area (Å²) in [7, 11) is 0. The summed E-state index contributed by atoms with van der Waals surface area (Å²) in [5, 5.41) is 3.12. The van der Waals surface area contributed by atoms with Crippen LogP contribution in [-0.2, 0) is 11.2 Å². The molecule has 0 aliphatic carbocycles. The predicted molar refractivity (Wildman–Crippen MR) is 60.7 cm³/mol. The van der Waals surface area contributed by atoms with E-state index in [4.69, 9.17) is 0 Å². The lowest BCUT2D eigenvalue weighted by molar-refractivity contribution is -0.123. The smallest absolute Gasteiger partial charge is 0.157 e. The molecule has 1 unspecified atom stereocenters. The molecule has 0 aromatic heterocycles. The molecule has 0 bridgehead atoms. The molecule has 17 heavy (non-hydrogen) atoms. The van der Waals surface area contributed by atoms with Crippen LogP contribution in [0.3, 0.4) is 0 Å². The van der Waals surface area contributed by atoms with E-state index in [1.54, 1.807) is 0 Å². The molecule has 1 atom stereocenters. The molecule has 4 heteroatoms. The minimum Gasteiger partial charge on any atom is -0.305 e. The lowest BCUT2D eigenvalue weighted by Gasteiger charge is -2.22. The van der Waals surface area contributed by atoms with E-state index in [9.17, 15) is 13.6 Å². The fourth-order valence-corrected chi connectivity index (χ4v) is 2.18. The first-order valence-electron chi connectivity index (χ1n) is 5.73. The average molecular weight is 239 g/mol. The van der Waals surface area contributed by atoms with E-state index in [0.717, 1.165) is 37.6 Å². The summed E-state index contributed by atoms with van der Waals surface area (Å²) in [5.41, 5.74) is -0.455. The summed E-state index contributed by atoms with van der Waals surface area (Å²) >= 11 is 0. The van der Waals surface area contributed by atoms with Crippen molar-refractivity contribution in [3.63, 3.8) is 0 Å². The van der Waals surface area contributed by atoms with Crippen LogP contribution < -0.4 is 5.32 Å². The first-order valence-corrected chi connectivity index (χ1v) is 5.73. The molecule has 1 aromatic rings. The number of carbonyl (C=O) groups excluding carboxylic acids is 1. The number of rotatable bonds is 3. The number of ketones is 1. The van der Waals surface area contributed by atoms with Gasteiger partial charge in [0.15, 0.2) is 5.78 Å². The summed E-state index contributed by atoms with van der Waals surface area (Å²) in [4.78, 5) is 12.0. The van der Waals surface area contributed by atoms with Crippen molar-refractivity contribution in [2.45, 2.75) is 31.7 Å². The lowest BCUT2D eigenvalue weighted by atomic mass is 9.90. The highest BCUT2D eigenvalue weighted by atomic mass is 19.1. The quantitative estimate of drug-likeness (QED) is 0.876. The van der Waals surface area contributed by atoms with Crippen molar-refractivity contribution in [3.05, 3.63) is 35.4 Å². The van der Waals surface area contributed by atoms with Crippen molar-refractivity contribution >= 4 is 5.78 Å². The van der Waals surface area contributed by atoms with Crippen molar-refractivity contribution in [2.24, 2.45) is 0 Å². The maximum atomic E-state index is 13.4. The second kappa shape index (κ2) is 4.53. The van der Waals surface area contributed by atoms with E-state index in [-0.39, 0.29) is 17.8 Å². The third-order valence-corrected chi connectivity index (χ3v) is 3.34. The van der Waals surface area contributed by atoms with Gasteiger partial charge in [-0.05, 0) is 50.1 Å². The highest BCUT2D eigenvalue weighted by Crippen LogP contribution is 2.22. The van der Waals surface area contributed by atoms with Gasteiger partial charge in [-0.25, -0.2) is 8.78 Å². The van der Waals surface area contributed by atoms with Crippen molar-refractivity contribution in [3.8, 4) is 0 Å². The van der Waals surface area contributed by atoms with E-state index in [2.05, 4.69) is 5.32 Å². The van der Waals surface area contributed by atoms with Gasteiger partial charge >= 0.3 is 0 Å². The van der Waals surface area contributed by atoms with Crippen LogP contribution in [-0.4, -0.2) is 17.9 Å². The van der Waals surface area contributed by atoms with Gasteiger partial charge in [0.1, 0.15) is 11.6 Å².